The number of amides is 2. The third-order valence-electron chi connectivity index (χ3n) is 9.06. The molecule has 0 radical (unpaired) electrons. The molecule has 2 N–H and O–H groups in total. The highest BCUT2D eigenvalue weighted by molar-refractivity contribution is 6.35. The molecule has 11 heteroatoms. The number of rotatable bonds is 5. The van der Waals surface area contributed by atoms with Crippen molar-refractivity contribution in [2.45, 2.75) is 44.7 Å². The van der Waals surface area contributed by atoms with Crippen LogP contribution in [0.2, 0.25) is 5.02 Å². The van der Waals surface area contributed by atoms with E-state index in [1.165, 1.54) is 6.07 Å². The van der Waals surface area contributed by atoms with E-state index in [0.29, 0.717) is 61.4 Å². The lowest BCUT2D eigenvalue weighted by molar-refractivity contribution is -0.142. The molecule has 5 heterocycles. The molecule has 1 fully saturated rings. The summed E-state index contributed by atoms with van der Waals surface area (Å²) in [5, 5.41) is 9.20. The van der Waals surface area contributed by atoms with E-state index < -0.39 is 11.7 Å². The summed E-state index contributed by atoms with van der Waals surface area (Å²) in [5.74, 6) is -1.22. The molecule has 1 atom stereocenters. The number of carbonyl (C=O) groups is 2. The van der Waals surface area contributed by atoms with E-state index in [2.05, 4.69) is 20.2 Å². The largest absolute Gasteiger partial charge is 0.343 e. The van der Waals surface area contributed by atoms with Crippen LogP contribution in [-0.4, -0.2) is 54.9 Å². The van der Waals surface area contributed by atoms with Crippen LogP contribution in [-0.2, 0) is 29.1 Å². The van der Waals surface area contributed by atoms with E-state index in [-0.39, 0.29) is 35.2 Å². The summed E-state index contributed by atoms with van der Waals surface area (Å²) in [6.07, 6.45) is 6.84. The van der Waals surface area contributed by atoms with Gasteiger partial charge in [-0.2, -0.15) is 5.10 Å². The van der Waals surface area contributed by atoms with Crippen LogP contribution in [0.5, 0.6) is 0 Å². The van der Waals surface area contributed by atoms with Crippen LogP contribution in [0.1, 0.15) is 47.4 Å². The van der Waals surface area contributed by atoms with Gasteiger partial charge in [0.05, 0.1) is 28.2 Å². The van der Waals surface area contributed by atoms with Gasteiger partial charge in [0.15, 0.2) is 0 Å². The number of hydrogen-bond donors (Lipinski definition) is 2. The van der Waals surface area contributed by atoms with Crippen LogP contribution in [0.25, 0.3) is 21.8 Å². The number of piperidine rings is 1. The number of benzene rings is 2. The first-order valence-corrected chi connectivity index (χ1v) is 15.1. The molecule has 2 aromatic carbocycles. The maximum absolute atomic E-state index is 14.2. The highest BCUT2D eigenvalue weighted by Crippen LogP contribution is 2.35. The fraction of sp³-hybridized carbons (Fsp3) is 0.303. The Hall–Kier alpha value is -4.57. The monoisotopic (exact) mass is 612 g/mol. The molecular formula is C33H30ClFN6O3. The molecular weight excluding hydrogens is 583 g/mol. The SMILES string of the molecule is O=C(C[C@@H]1Cc2cc(Cl)c3[nH]ncc3c2CN(Cc2ccncc2)C1=O)N1CCC(c2cc3cccc(F)c3[nH]c2=O)CC1. The molecule has 0 spiro atoms. The predicted molar refractivity (Wildman–Crippen MR) is 164 cm³/mol. The van der Waals surface area contributed by atoms with Gasteiger partial charge in [-0.3, -0.25) is 24.5 Å². The zero-order chi connectivity index (χ0) is 30.4. The predicted octanol–water partition coefficient (Wildman–Crippen LogP) is 5.09. The van der Waals surface area contributed by atoms with Crippen molar-refractivity contribution in [1.82, 2.24) is 30.0 Å². The van der Waals surface area contributed by atoms with E-state index in [4.69, 9.17) is 11.6 Å². The van der Waals surface area contributed by atoms with Crippen LogP contribution in [0.4, 0.5) is 4.39 Å². The number of halogens is 2. The summed E-state index contributed by atoms with van der Waals surface area (Å²) in [4.78, 5) is 50.9. The second-order valence-corrected chi connectivity index (χ2v) is 12.1. The van der Waals surface area contributed by atoms with Crippen LogP contribution in [0, 0.1) is 11.7 Å². The number of aromatic amines is 2. The number of hydrogen-bond acceptors (Lipinski definition) is 5. The molecule has 5 aromatic rings. The van der Waals surface area contributed by atoms with Gasteiger partial charge in [0, 0.05) is 61.3 Å². The molecule has 44 heavy (non-hydrogen) atoms. The zero-order valence-corrected chi connectivity index (χ0v) is 24.6. The second-order valence-electron chi connectivity index (χ2n) is 11.7. The average Bonchev–Trinajstić information content (AvgIpc) is 3.49. The number of nitrogens with one attached hydrogen (secondary N) is 2. The molecule has 224 valence electrons. The first-order chi connectivity index (χ1) is 21.4. The summed E-state index contributed by atoms with van der Waals surface area (Å²) >= 11 is 6.59. The minimum absolute atomic E-state index is 0.0442. The van der Waals surface area contributed by atoms with Crippen LogP contribution >= 0.6 is 11.6 Å². The number of likely N-dealkylation sites (tertiary alicyclic amines) is 1. The normalized spacial score (nSPS) is 17.7. The number of pyridine rings is 2. The molecule has 0 saturated carbocycles. The third kappa shape index (κ3) is 5.23. The van der Waals surface area contributed by atoms with Crippen molar-refractivity contribution in [3.8, 4) is 0 Å². The number of para-hydroxylation sites is 1. The lowest BCUT2D eigenvalue weighted by atomic mass is 9.88. The fourth-order valence-corrected chi connectivity index (χ4v) is 7.00. The van der Waals surface area contributed by atoms with E-state index in [1.54, 1.807) is 46.6 Å². The van der Waals surface area contributed by atoms with Gasteiger partial charge in [0.1, 0.15) is 5.82 Å². The van der Waals surface area contributed by atoms with Crippen molar-refractivity contribution in [1.29, 1.82) is 0 Å². The Morgan fingerprint density at radius 1 is 1.07 bits per heavy atom. The van der Waals surface area contributed by atoms with Crippen molar-refractivity contribution >= 4 is 45.2 Å². The summed E-state index contributed by atoms with van der Waals surface area (Å²) in [7, 11) is 0. The summed E-state index contributed by atoms with van der Waals surface area (Å²) in [5.41, 5.74) is 4.13. The number of fused-ring (bicyclic) bond motifs is 4. The van der Waals surface area contributed by atoms with Gasteiger partial charge < -0.3 is 14.8 Å². The van der Waals surface area contributed by atoms with Gasteiger partial charge in [-0.15, -0.1) is 0 Å². The highest BCUT2D eigenvalue weighted by atomic mass is 35.5. The number of carbonyl (C=O) groups excluding carboxylic acids is 2. The Balaban J connectivity index is 1.10. The first-order valence-electron chi connectivity index (χ1n) is 14.8. The minimum atomic E-state index is -0.554. The van der Waals surface area contributed by atoms with Gasteiger partial charge in [-0.1, -0.05) is 23.7 Å². The molecule has 3 aromatic heterocycles. The second kappa shape index (κ2) is 11.5. The van der Waals surface area contributed by atoms with Crippen LogP contribution in [0.3, 0.4) is 0 Å². The molecule has 7 rings (SSSR count). The lowest BCUT2D eigenvalue weighted by Gasteiger charge is -2.33. The van der Waals surface area contributed by atoms with Crippen molar-refractivity contribution in [2.24, 2.45) is 5.92 Å². The van der Waals surface area contributed by atoms with E-state index >= 15 is 0 Å². The zero-order valence-electron chi connectivity index (χ0n) is 23.9. The Labute approximate surface area is 257 Å². The topological polar surface area (TPSA) is 115 Å². The first kappa shape index (κ1) is 28.2. The molecule has 1 saturated heterocycles. The van der Waals surface area contributed by atoms with Crippen molar-refractivity contribution in [3.63, 3.8) is 0 Å². The third-order valence-corrected chi connectivity index (χ3v) is 9.36. The van der Waals surface area contributed by atoms with Crippen molar-refractivity contribution in [2.75, 3.05) is 13.1 Å². The van der Waals surface area contributed by atoms with Crippen LogP contribution < -0.4 is 5.56 Å². The average molecular weight is 613 g/mol. The summed E-state index contributed by atoms with van der Waals surface area (Å²) in [6, 6.07) is 12.1. The Morgan fingerprint density at radius 3 is 2.66 bits per heavy atom. The van der Waals surface area contributed by atoms with Crippen molar-refractivity contribution in [3.05, 3.63) is 105 Å². The van der Waals surface area contributed by atoms with Gasteiger partial charge in [-0.05, 0) is 72.2 Å². The van der Waals surface area contributed by atoms with Gasteiger partial charge in [-0.25, -0.2) is 4.39 Å². The number of H-pyrrole nitrogens is 2. The standard InChI is InChI=1S/C33H30ClFN6O3/c34-27-14-22-12-23(33(44)41(17-19-4-8-36-9-5-19)18-26(22)25-16-37-39-31(25)27)15-29(42)40-10-6-20(7-11-40)24-13-21-2-1-3-28(35)30(21)38-32(24)43/h1-5,8-9,13-14,16,20,23H,6-7,10-12,15,17-18H2,(H,37,39)(H,38,43)/t23-/m0/s1. The van der Waals surface area contributed by atoms with E-state index in [9.17, 15) is 18.8 Å². The molecule has 9 nitrogen and oxygen atoms in total. The molecule has 0 unspecified atom stereocenters. The van der Waals surface area contributed by atoms with Gasteiger partial charge >= 0.3 is 0 Å². The smallest absolute Gasteiger partial charge is 0.251 e. The summed E-state index contributed by atoms with van der Waals surface area (Å²) < 4.78 is 14.2. The van der Waals surface area contributed by atoms with E-state index in [1.807, 2.05) is 18.2 Å². The molecule has 2 aliphatic heterocycles. The van der Waals surface area contributed by atoms with Gasteiger partial charge in [0.25, 0.3) is 5.56 Å². The van der Waals surface area contributed by atoms with Crippen LogP contribution in [0.15, 0.2) is 65.8 Å². The number of aromatic nitrogens is 4. The Bertz CT molecular complexity index is 1950. The lowest BCUT2D eigenvalue weighted by Crippen LogP contribution is -2.42. The van der Waals surface area contributed by atoms with Gasteiger partial charge in [0.2, 0.25) is 11.8 Å². The van der Waals surface area contributed by atoms with E-state index in [0.717, 1.165) is 27.6 Å². The number of nitrogens with zero attached hydrogens (tertiary/aromatic N) is 4. The molecule has 0 aliphatic carbocycles. The molecule has 0 bridgehead atoms. The highest BCUT2D eigenvalue weighted by Gasteiger charge is 2.35. The Kier molecular flexibility index (Phi) is 7.37. The summed E-state index contributed by atoms with van der Waals surface area (Å²) in [6.45, 7) is 1.72. The molecule has 2 amide bonds. The fourth-order valence-electron chi connectivity index (χ4n) is 6.73. The maximum atomic E-state index is 14.2. The Morgan fingerprint density at radius 2 is 1.86 bits per heavy atom. The minimum Gasteiger partial charge on any atom is -0.343 e. The van der Waals surface area contributed by atoms with Crippen molar-refractivity contribution < 1.29 is 14.0 Å². The molecule has 2 aliphatic rings. The maximum Gasteiger partial charge on any atom is 0.251 e. The quantitative estimate of drug-likeness (QED) is 0.287.